The van der Waals surface area contributed by atoms with Gasteiger partial charge in [0, 0.05) is 43.2 Å². The van der Waals surface area contributed by atoms with Gasteiger partial charge in [-0.25, -0.2) is 14.5 Å². The van der Waals surface area contributed by atoms with E-state index in [1.165, 1.54) is 18.4 Å². The number of benzene rings is 1. The number of aromatic nitrogens is 4. The van der Waals surface area contributed by atoms with E-state index in [9.17, 15) is 9.59 Å². The average molecular weight is 517 g/mol. The molecule has 9 nitrogen and oxygen atoms in total. The number of ether oxygens (including phenoxy) is 1. The van der Waals surface area contributed by atoms with Gasteiger partial charge in [0.1, 0.15) is 0 Å². The Morgan fingerprint density at radius 3 is 2.68 bits per heavy atom. The monoisotopic (exact) mass is 516 g/mol. The van der Waals surface area contributed by atoms with Crippen LogP contribution in [0.15, 0.2) is 42.7 Å². The number of fused-ring (bicyclic) bond motifs is 3. The van der Waals surface area contributed by atoms with Gasteiger partial charge in [0.2, 0.25) is 0 Å². The van der Waals surface area contributed by atoms with Gasteiger partial charge in [-0.15, -0.1) is 0 Å². The van der Waals surface area contributed by atoms with Crippen molar-refractivity contribution in [2.75, 3.05) is 26.5 Å². The molecule has 1 aliphatic carbocycles. The highest BCUT2D eigenvalue weighted by Crippen LogP contribution is 2.44. The minimum absolute atomic E-state index is 0.0461. The summed E-state index contributed by atoms with van der Waals surface area (Å²) >= 11 is 1.40. The molecule has 190 valence electrons. The SMILES string of the molecule is COC(=O)Nc1nc2c(s1)-c1c(c(-c3cccnc3)nn1-c1ccc(C(=O)N(C)C)cc1C(C)C)CC2. The molecule has 0 saturated carbocycles. The fourth-order valence-corrected chi connectivity index (χ4v) is 5.63. The highest BCUT2D eigenvalue weighted by Gasteiger charge is 2.31. The van der Waals surface area contributed by atoms with Gasteiger partial charge in [0.25, 0.3) is 5.91 Å². The number of nitrogens with zero attached hydrogens (tertiary/aromatic N) is 5. The number of pyridine rings is 1. The van der Waals surface area contributed by atoms with E-state index in [0.717, 1.165) is 57.2 Å². The van der Waals surface area contributed by atoms with Gasteiger partial charge < -0.3 is 9.64 Å². The summed E-state index contributed by atoms with van der Waals surface area (Å²) in [5.41, 5.74) is 7.32. The van der Waals surface area contributed by atoms with Crippen LogP contribution in [0.4, 0.5) is 9.93 Å². The number of methoxy groups -OCH3 is 1. The summed E-state index contributed by atoms with van der Waals surface area (Å²) in [6.07, 6.45) is 4.49. The Bertz CT molecular complexity index is 1490. The summed E-state index contributed by atoms with van der Waals surface area (Å²) in [6.45, 7) is 4.22. The van der Waals surface area contributed by atoms with Crippen molar-refractivity contribution in [3.8, 4) is 27.5 Å². The number of carbonyl (C=O) groups is 2. The molecule has 0 atom stereocenters. The second-order valence-electron chi connectivity index (χ2n) is 9.37. The molecule has 2 amide bonds. The Hall–Kier alpha value is -4.05. The topological polar surface area (TPSA) is 102 Å². The number of hydrogen-bond donors (Lipinski definition) is 1. The molecule has 37 heavy (non-hydrogen) atoms. The van der Waals surface area contributed by atoms with Crippen LogP contribution in [0.2, 0.25) is 0 Å². The Balaban J connectivity index is 1.74. The van der Waals surface area contributed by atoms with E-state index in [2.05, 4.69) is 29.1 Å². The predicted octanol–water partition coefficient (Wildman–Crippen LogP) is 5.16. The van der Waals surface area contributed by atoms with E-state index in [4.69, 9.17) is 9.84 Å². The number of nitrogens with one attached hydrogen (secondary N) is 1. The van der Waals surface area contributed by atoms with E-state index in [0.29, 0.717) is 10.7 Å². The quantitative estimate of drug-likeness (QED) is 0.393. The minimum Gasteiger partial charge on any atom is -0.453 e. The van der Waals surface area contributed by atoms with Gasteiger partial charge in [0.15, 0.2) is 5.13 Å². The fourth-order valence-electron chi connectivity index (χ4n) is 4.57. The number of amides is 2. The molecule has 0 saturated heterocycles. The van der Waals surface area contributed by atoms with Crippen LogP contribution in [0.3, 0.4) is 0 Å². The van der Waals surface area contributed by atoms with Crippen LogP contribution in [0.25, 0.3) is 27.5 Å². The van der Waals surface area contributed by atoms with Crippen LogP contribution in [0, 0.1) is 0 Å². The van der Waals surface area contributed by atoms with E-state index >= 15 is 0 Å². The maximum absolute atomic E-state index is 12.7. The lowest BCUT2D eigenvalue weighted by Gasteiger charge is -2.19. The number of rotatable bonds is 5. The Kier molecular flexibility index (Phi) is 6.51. The smallest absolute Gasteiger partial charge is 0.413 e. The maximum atomic E-state index is 12.7. The molecule has 1 aliphatic rings. The van der Waals surface area contributed by atoms with E-state index < -0.39 is 6.09 Å². The summed E-state index contributed by atoms with van der Waals surface area (Å²) in [5.74, 6) is 0.0999. The first-order valence-corrected chi connectivity index (χ1v) is 12.8. The first-order valence-electron chi connectivity index (χ1n) is 12.0. The molecular formula is C27H28N6O3S. The molecule has 1 aromatic carbocycles. The summed E-state index contributed by atoms with van der Waals surface area (Å²) in [6, 6.07) is 9.69. The van der Waals surface area contributed by atoms with Gasteiger partial charge >= 0.3 is 6.09 Å². The van der Waals surface area contributed by atoms with Gasteiger partial charge in [-0.2, -0.15) is 5.10 Å². The zero-order valence-electron chi connectivity index (χ0n) is 21.4. The van der Waals surface area contributed by atoms with Crippen molar-refractivity contribution in [2.45, 2.75) is 32.6 Å². The number of anilines is 1. The van der Waals surface area contributed by atoms with Crippen LogP contribution in [0.5, 0.6) is 0 Å². The van der Waals surface area contributed by atoms with Crippen molar-refractivity contribution in [3.05, 3.63) is 65.1 Å². The Morgan fingerprint density at radius 1 is 1.19 bits per heavy atom. The second kappa shape index (κ2) is 9.78. The predicted molar refractivity (Wildman–Crippen MR) is 143 cm³/mol. The van der Waals surface area contributed by atoms with Crippen LogP contribution in [-0.2, 0) is 17.6 Å². The van der Waals surface area contributed by atoms with E-state index in [1.54, 1.807) is 25.2 Å². The first kappa shape index (κ1) is 24.6. The summed E-state index contributed by atoms with van der Waals surface area (Å²) < 4.78 is 6.73. The number of hydrogen-bond acceptors (Lipinski definition) is 7. The molecule has 0 bridgehead atoms. The van der Waals surface area contributed by atoms with Crippen LogP contribution in [0.1, 0.15) is 46.9 Å². The lowest BCUT2D eigenvalue weighted by molar-refractivity contribution is 0.0827. The van der Waals surface area contributed by atoms with Gasteiger partial charge in [-0.3, -0.25) is 15.1 Å². The summed E-state index contributed by atoms with van der Waals surface area (Å²) in [4.78, 5) is 36.1. The van der Waals surface area contributed by atoms with Gasteiger partial charge in [-0.1, -0.05) is 25.2 Å². The van der Waals surface area contributed by atoms with Crippen molar-refractivity contribution in [1.82, 2.24) is 24.6 Å². The zero-order valence-corrected chi connectivity index (χ0v) is 22.2. The average Bonchev–Trinajstić information content (AvgIpc) is 3.49. The number of aryl methyl sites for hydroxylation is 1. The molecule has 0 unspecified atom stereocenters. The maximum Gasteiger partial charge on any atom is 0.413 e. The fraction of sp³-hybridized carbons (Fsp3) is 0.296. The van der Waals surface area contributed by atoms with Crippen molar-refractivity contribution in [2.24, 2.45) is 0 Å². The minimum atomic E-state index is -0.556. The van der Waals surface area contributed by atoms with E-state index in [1.807, 2.05) is 41.2 Å². The van der Waals surface area contributed by atoms with Crippen molar-refractivity contribution < 1.29 is 14.3 Å². The molecule has 0 fully saturated rings. The molecular weight excluding hydrogens is 488 g/mol. The Morgan fingerprint density at radius 2 is 2.00 bits per heavy atom. The molecule has 3 heterocycles. The normalized spacial score (nSPS) is 12.2. The second-order valence-corrected chi connectivity index (χ2v) is 10.4. The molecule has 0 spiro atoms. The highest BCUT2D eigenvalue weighted by atomic mass is 32.1. The largest absolute Gasteiger partial charge is 0.453 e. The Labute approximate surface area is 219 Å². The van der Waals surface area contributed by atoms with Gasteiger partial charge in [0.05, 0.1) is 34.8 Å². The molecule has 0 aliphatic heterocycles. The summed E-state index contributed by atoms with van der Waals surface area (Å²) in [7, 11) is 4.83. The molecule has 10 heteroatoms. The third kappa shape index (κ3) is 4.48. The van der Waals surface area contributed by atoms with Crippen molar-refractivity contribution in [3.63, 3.8) is 0 Å². The number of carbonyl (C=O) groups excluding carboxylic acids is 2. The van der Waals surface area contributed by atoms with E-state index in [-0.39, 0.29) is 11.8 Å². The number of thiazole rings is 1. The molecule has 4 aromatic rings. The zero-order chi connectivity index (χ0) is 26.3. The molecule has 5 rings (SSSR count). The third-order valence-corrected chi connectivity index (χ3v) is 7.39. The first-order chi connectivity index (χ1) is 17.8. The van der Waals surface area contributed by atoms with Gasteiger partial charge in [-0.05, 0) is 54.7 Å². The molecule has 1 N–H and O–H groups in total. The van der Waals surface area contributed by atoms with Crippen LogP contribution >= 0.6 is 11.3 Å². The highest BCUT2D eigenvalue weighted by molar-refractivity contribution is 7.19. The standard InChI is InChI=1S/C27H28N6O3S/c1-15(2)19-13-16(25(34)32(3)4)8-11-21(19)33-23-18(22(31-33)17-7-6-12-28-14-17)9-10-20-24(23)37-26(29-20)30-27(35)36-5/h6-8,11-15H,9-10H2,1-5H3,(H,29,30,35). The summed E-state index contributed by atoms with van der Waals surface area (Å²) in [5, 5.41) is 8.30. The van der Waals surface area contributed by atoms with Crippen LogP contribution < -0.4 is 5.32 Å². The molecule has 0 radical (unpaired) electrons. The van der Waals surface area contributed by atoms with Crippen LogP contribution in [-0.4, -0.2) is 57.9 Å². The third-order valence-electron chi connectivity index (χ3n) is 6.37. The van der Waals surface area contributed by atoms with Crippen molar-refractivity contribution >= 4 is 28.5 Å². The lowest BCUT2D eigenvalue weighted by Crippen LogP contribution is -2.22. The lowest BCUT2D eigenvalue weighted by atomic mass is 9.94. The molecule has 3 aromatic heterocycles. The van der Waals surface area contributed by atoms with Crippen molar-refractivity contribution in [1.29, 1.82) is 0 Å².